The maximum absolute atomic E-state index is 12.6. The molecule has 1 aromatic heterocycles. The molecule has 2 aromatic rings. The molecule has 1 N–H and O–H groups in total. The molecule has 33 heavy (non-hydrogen) atoms. The van der Waals surface area contributed by atoms with E-state index in [2.05, 4.69) is 15.3 Å². The zero-order valence-electron chi connectivity index (χ0n) is 18.3. The minimum Gasteiger partial charge on any atom is -0.349 e. The number of hydrogen-bond donors (Lipinski definition) is 1. The number of nitrogens with one attached hydrogen (secondary N) is 1. The van der Waals surface area contributed by atoms with Gasteiger partial charge < -0.3 is 10.2 Å². The number of nitriles is 2. The van der Waals surface area contributed by atoms with Crippen LogP contribution in [0.4, 0.5) is 23.0 Å². The van der Waals surface area contributed by atoms with Crippen molar-refractivity contribution in [2.24, 2.45) is 0 Å². The zero-order valence-corrected chi connectivity index (χ0v) is 19.1. The summed E-state index contributed by atoms with van der Waals surface area (Å²) in [7, 11) is -3.64. The Morgan fingerprint density at radius 3 is 2.12 bits per heavy atom. The van der Waals surface area contributed by atoms with E-state index in [4.69, 9.17) is 10.5 Å². The highest BCUT2D eigenvalue weighted by Gasteiger charge is 2.27. The van der Waals surface area contributed by atoms with Crippen LogP contribution in [0.3, 0.4) is 0 Å². The number of nitro groups is 1. The highest BCUT2D eigenvalue weighted by atomic mass is 32.2. The summed E-state index contributed by atoms with van der Waals surface area (Å²) in [6, 6.07) is 9.76. The fraction of sp³-hybridized carbons (Fsp3) is 0.400. The maximum Gasteiger partial charge on any atom is 0.353 e. The smallest absolute Gasteiger partial charge is 0.349 e. The quantitative estimate of drug-likeness (QED) is 0.358. The Kier molecular flexibility index (Phi) is 9.03. The van der Waals surface area contributed by atoms with E-state index in [9.17, 15) is 18.5 Å². The SMILES string of the molecule is CCN(CC)S(=O)(=O)c1ccc(Nc2ncnc(N(CCC#N)CCC#N)c2[N+](=O)[O-])cc1. The second kappa shape index (κ2) is 11.7. The Balaban J connectivity index is 2.40. The van der Waals surface area contributed by atoms with Crippen LogP contribution in [0.1, 0.15) is 26.7 Å². The molecule has 0 aliphatic rings. The molecule has 0 radical (unpaired) electrons. The fourth-order valence-electron chi connectivity index (χ4n) is 3.11. The van der Waals surface area contributed by atoms with Crippen LogP contribution >= 0.6 is 0 Å². The van der Waals surface area contributed by atoms with Gasteiger partial charge in [0.1, 0.15) is 6.33 Å². The number of nitrogens with zero attached hydrogens (tertiary/aromatic N) is 7. The standard InChI is InChI=1S/C20H24N8O4S/c1-3-27(4-2)33(31,32)17-9-7-16(8-10-17)25-19-18(28(29)30)20(24-15-23-19)26(13-5-11-21)14-6-12-22/h7-10,15H,3-6,13-14H2,1-2H3,(H,23,24,25). The van der Waals surface area contributed by atoms with Crippen molar-refractivity contribution in [2.75, 3.05) is 36.4 Å². The minimum atomic E-state index is -3.64. The van der Waals surface area contributed by atoms with Crippen LogP contribution in [0.2, 0.25) is 0 Å². The van der Waals surface area contributed by atoms with Gasteiger partial charge in [0.15, 0.2) is 0 Å². The third kappa shape index (κ3) is 6.12. The highest BCUT2D eigenvalue weighted by molar-refractivity contribution is 7.89. The lowest BCUT2D eigenvalue weighted by Gasteiger charge is -2.21. The van der Waals surface area contributed by atoms with E-state index in [1.807, 2.05) is 12.1 Å². The summed E-state index contributed by atoms with van der Waals surface area (Å²) in [6.07, 6.45) is 1.34. The van der Waals surface area contributed by atoms with Gasteiger partial charge in [0.25, 0.3) is 0 Å². The van der Waals surface area contributed by atoms with Crippen LogP contribution in [0.25, 0.3) is 0 Å². The average Bonchev–Trinajstić information content (AvgIpc) is 2.80. The number of benzene rings is 1. The predicted octanol–water partition coefficient (Wildman–Crippen LogP) is 2.79. The van der Waals surface area contributed by atoms with Crippen molar-refractivity contribution in [1.29, 1.82) is 10.5 Å². The van der Waals surface area contributed by atoms with Crippen molar-refractivity contribution in [1.82, 2.24) is 14.3 Å². The summed E-state index contributed by atoms with van der Waals surface area (Å²) in [5.74, 6) is -0.105. The number of anilines is 3. The molecule has 174 valence electrons. The third-order valence-electron chi connectivity index (χ3n) is 4.73. The van der Waals surface area contributed by atoms with Gasteiger partial charge in [-0.1, -0.05) is 13.8 Å². The molecule has 0 bridgehead atoms. The molecule has 1 heterocycles. The van der Waals surface area contributed by atoms with E-state index < -0.39 is 20.6 Å². The van der Waals surface area contributed by atoms with E-state index in [0.29, 0.717) is 18.8 Å². The molecule has 0 unspecified atom stereocenters. The Morgan fingerprint density at radius 1 is 1.06 bits per heavy atom. The summed E-state index contributed by atoms with van der Waals surface area (Å²) in [4.78, 5) is 20.8. The average molecular weight is 473 g/mol. The van der Waals surface area contributed by atoms with Crippen molar-refractivity contribution in [2.45, 2.75) is 31.6 Å². The number of rotatable bonds is 12. The van der Waals surface area contributed by atoms with Crippen molar-refractivity contribution in [3.05, 3.63) is 40.7 Å². The lowest BCUT2D eigenvalue weighted by Crippen LogP contribution is -2.30. The molecule has 0 atom stereocenters. The van der Waals surface area contributed by atoms with E-state index in [0.717, 1.165) is 6.33 Å². The normalized spacial score (nSPS) is 10.9. The van der Waals surface area contributed by atoms with E-state index in [1.54, 1.807) is 13.8 Å². The molecular weight excluding hydrogens is 448 g/mol. The first-order valence-electron chi connectivity index (χ1n) is 10.2. The predicted molar refractivity (Wildman–Crippen MR) is 121 cm³/mol. The highest BCUT2D eigenvalue weighted by Crippen LogP contribution is 2.34. The topological polar surface area (TPSA) is 169 Å². The minimum absolute atomic E-state index is 0.0104. The molecule has 0 aliphatic carbocycles. The first kappa shape index (κ1) is 25.5. The largest absolute Gasteiger partial charge is 0.353 e. The first-order chi connectivity index (χ1) is 15.8. The van der Waals surface area contributed by atoms with Crippen LogP contribution in [-0.4, -0.2) is 53.8 Å². The molecule has 0 amide bonds. The Hall–Kier alpha value is -3.81. The monoisotopic (exact) mass is 472 g/mol. The van der Waals surface area contributed by atoms with Crippen molar-refractivity contribution in [3.63, 3.8) is 0 Å². The molecule has 0 saturated heterocycles. The molecule has 0 aliphatic heterocycles. The molecule has 13 heteroatoms. The van der Waals surface area contributed by atoms with Gasteiger partial charge in [-0.25, -0.2) is 18.4 Å². The number of aromatic nitrogens is 2. The van der Waals surface area contributed by atoms with Gasteiger partial charge in [0.2, 0.25) is 21.7 Å². The van der Waals surface area contributed by atoms with Gasteiger partial charge in [-0.05, 0) is 24.3 Å². The second-order valence-electron chi connectivity index (χ2n) is 6.69. The van der Waals surface area contributed by atoms with Crippen LogP contribution in [0.15, 0.2) is 35.5 Å². The molecule has 0 fully saturated rings. The fourth-order valence-corrected chi connectivity index (χ4v) is 4.57. The van der Waals surface area contributed by atoms with Gasteiger partial charge in [0, 0.05) is 31.9 Å². The Labute approximate surface area is 192 Å². The summed E-state index contributed by atoms with van der Waals surface area (Å²) >= 11 is 0. The summed E-state index contributed by atoms with van der Waals surface area (Å²) in [5.41, 5.74) is -0.0185. The van der Waals surface area contributed by atoms with E-state index in [-0.39, 0.29) is 42.5 Å². The maximum atomic E-state index is 12.6. The van der Waals surface area contributed by atoms with Gasteiger partial charge in [-0.15, -0.1) is 0 Å². The number of sulfonamides is 1. The molecule has 2 rings (SSSR count). The van der Waals surface area contributed by atoms with E-state index in [1.165, 1.54) is 33.5 Å². The van der Waals surface area contributed by atoms with Crippen LogP contribution < -0.4 is 10.2 Å². The molecule has 1 aromatic carbocycles. The van der Waals surface area contributed by atoms with Gasteiger partial charge in [-0.2, -0.15) is 14.8 Å². The lowest BCUT2D eigenvalue weighted by molar-refractivity contribution is -0.383. The van der Waals surface area contributed by atoms with Crippen LogP contribution in [-0.2, 0) is 10.0 Å². The van der Waals surface area contributed by atoms with Gasteiger partial charge in [0.05, 0.1) is 34.8 Å². The zero-order chi connectivity index (χ0) is 24.4. The Bertz CT molecular complexity index is 1130. The molecule has 0 saturated carbocycles. The number of hydrogen-bond acceptors (Lipinski definition) is 10. The van der Waals surface area contributed by atoms with Crippen molar-refractivity contribution < 1.29 is 13.3 Å². The Morgan fingerprint density at radius 2 is 1.64 bits per heavy atom. The summed E-state index contributed by atoms with van der Waals surface area (Å²) < 4.78 is 26.6. The van der Waals surface area contributed by atoms with Crippen LogP contribution in [0.5, 0.6) is 0 Å². The van der Waals surface area contributed by atoms with Gasteiger partial charge in [-0.3, -0.25) is 10.1 Å². The third-order valence-corrected chi connectivity index (χ3v) is 6.80. The summed E-state index contributed by atoms with van der Waals surface area (Å²) in [5, 5.41) is 32.5. The lowest BCUT2D eigenvalue weighted by atomic mass is 10.3. The molecule has 12 nitrogen and oxygen atoms in total. The van der Waals surface area contributed by atoms with Crippen molar-refractivity contribution >= 4 is 33.0 Å². The first-order valence-corrected chi connectivity index (χ1v) is 11.6. The molecular formula is C20H24N8O4S. The van der Waals surface area contributed by atoms with Crippen molar-refractivity contribution in [3.8, 4) is 12.1 Å². The molecule has 0 spiro atoms. The second-order valence-corrected chi connectivity index (χ2v) is 8.63. The van der Waals surface area contributed by atoms with Crippen LogP contribution in [0, 0.1) is 32.8 Å². The van der Waals surface area contributed by atoms with Gasteiger partial charge >= 0.3 is 5.69 Å². The summed E-state index contributed by atoms with van der Waals surface area (Å²) in [6.45, 7) is 4.49. The van der Waals surface area contributed by atoms with E-state index >= 15 is 0 Å².